The number of piperidine rings is 2. The quantitative estimate of drug-likeness (QED) is 0.102. The molecule has 71 heavy (non-hydrogen) atoms. The number of allylic oxidation sites excluding steroid dienone is 2. The number of hydrogen-bond donors (Lipinski definition) is 2. The van der Waals surface area contributed by atoms with Gasteiger partial charge in [0, 0.05) is 85.4 Å². The van der Waals surface area contributed by atoms with Crippen molar-refractivity contribution in [3.05, 3.63) is 80.6 Å². The minimum absolute atomic E-state index is 0. The molecule has 0 unspecified atom stereocenters. The van der Waals surface area contributed by atoms with Crippen LogP contribution in [0.25, 0.3) is 22.1 Å². The lowest BCUT2D eigenvalue weighted by Crippen LogP contribution is -2.42. The fraction of sp³-hybridized carbons (Fsp3) is 0.633. The van der Waals surface area contributed by atoms with Gasteiger partial charge < -0.3 is 19.9 Å². The molecule has 0 bridgehead atoms. The van der Waals surface area contributed by atoms with E-state index in [1.165, 1.54) is 21.1 Å². The number of anilines is 2. The highest BCUT2D eigenvalue weighted by Crippen LogP contribution is 2.38. The van der Waals surface area contributed by atoms with Gasteiger partial charge in [-0.15, -0.1) is 13.2 Å². The predicted molar refractivity (Wildman–Crippen MR) is 288 cm³/mol. The topological polar surface area (TPSA) is 213 Å². The van der Waals surface area contributed by atoms with Crippen LogP contribution < -0.4 is 21.8 Å². The highest BCUT2D eigenvalue weighted by atomic mass is 79.9. The molecule has 2 saturated carbocycles. The molecule has 7 heterocycles. The van der Waals surface area contributed by atoms with Gasteiger partial charge in [-0.25, -0.2) is 35.4 Å². The maximum absolute atomic E-state index is 13.2. The SMILES string of the molecule is C.C=CCB1OC(C)(C)C(C)(C)O1.C=CCc1cc2cnc(NC3CCN(S(C)(=O)=O)CC3)nc2n(C2CCCC2)c1=O.CS(=O)(=O)N1CCC(Nc2ncc3cc(Br)c(=O)n(C4CCCC4)c3n2)CC1. The summed E-state index contributed by atoms with van der Waals surface area (Å²) in [6.07, 6.45) is 22.1. The van der Waals surface area contributed by atoms with E-state index in [4.69, 9.17) is 14.3 Å². The molecule has 3 aliphatic heterocycles. The van der Waals surface area contributed by atoms with E-state index >= 15 is 0 Å². The summed E-state index contributed by atoms with van der Waals surface area (Å²) in [5.74, 6) is 0.974. The first-order chi connectivity index (χ1) is 33.1. The van der Waals surface area contributed by atoms with Crippen LogP contribution in [0.15, 0.2) is 63.9 Å². The van der Waals surface area contributed by atoms with E-state index in [0.717, 1.165) is 74.0 Å². The van der Waals surface area contributed by atoms with Gasteiger partial charge in [0.05, 0.1) is 28.2 Å². The number of fused-ring (bicyclic) bond motifs is 2. The third kappa shape index (κ3) is 13.6. The van der Waals surface area contributed by atoms with E-state index in [9.17, 15) is 26.4 Å². The lowest BCUT2D eigenvalue weighted by atomic mass is 9.85. The molecule has 9 rings (SSSR count). The molecule has 5 aliphatic rings. The minimum atomic E-state index is -3.15. The molecule has 0 atom stereocenters. The van der Waals surface area contributed by atoms with E-state index in [1.54, 1.807) is 24.5 Å². The third-order valence-electron chi connectivity index (χ3n) is 14.5. The summed E-state index contributed by atoms with van der Waals surface area (Å²) in [5, 5.41) is 8.36. The van der Waals surface area contributed by atoms with Gasteiger partial charge in [0.1, 0.15) is 11.3 Å². The van der Waals surface area contributed by atoms with Gasteiger partial charge in [-0.05, 0) is 114 Å². The molecule has 22 heteroatoms. The largest absolute Gasteiger partial charge is 0.461 e. The Morgan fingerprint density at radius 1 is 0.690 bits per heavy atom. The number of rotatable bonds is 12. The van der Waals surface area contributed by atoms with Gasteiger partial charge in [-0.2, -0.15) is 9.97 Å². The van der Waals surface area contributed by atoms with Crippen LogP contribution in [-0.4, -0.2) is 124 Å². The minimum Gasteiger partial charge on any atom is -0.403 e. The summed E-state index contributed by atoms with van der Waals surface area (Å²) in [7, 11) is -6.41. The van der Waals surface area contributed by atoms with Crippen LogP contribution in [-0.2, 0) is 35.8 Å². The van der Waals surface area contributed by atoms with Crippen molar-refractivity contribution in [3.8, 4) is 0 Å². The number of hydrogen-bond acceptors (Lipinski definition) is 14. The third-order valence-corrected chi connectivity index (χ3v) is 17.7. The van der Waals surface area contributed by atoms with Crippen LogP contribution in [0.5, 0.6) is 0 Å². The molecular weight excluding hydrogens is 1010 g/mol. The van der Waals surface area contributed by atoms with Crippen LogP contribution in [0.4, 0.5) is 11.9 Å². The lowest BCUT2D eigenvalue weighted by molar-refractivity contribution is 0.00578. The van der Waals surface area contributed by atoms with Crippen LogP contribution >= 0.6 is 15.9 Å². The molecule has 0 radical (unpaired) electrons. The zero-order valence-electron chi connectivity index (χ0n) is 41.5. The Morgan fingerprint density at radius 2 is 1.10 bits per heavy atom. The maximum Gasteiger partial charge on any atom is 0.461 e. The van der Waals surface area contributed by atoms with Crippen molar-refractivity contribution < 1.29 is 26.1 Å². The molecule has 0 amide bonds. The smallest absolute Gasteiger partial charge is 0.403 e. The van der Waals surface area contributed by atoms with Gasteiger partial charge in [0.2, 0.25) is 31.9 Å². The standard InChI is InChI=1S/C21H29N5O3S.C18H24BrN5O3S.C9H17BO2.CH4/c1-3-6-15-13-16-14-22-21(23-17-9-11-25(12-10-17)30(2,28)29)24-19(16)26(20(15)27)18-7-4-5-8-18;1-28(26,27)23-8-6-13(7-9-23)21-18-20-11-12-10-15(19)17(25)24(16(12)22-18)14-4-2-3-5-14;1-6-7-10-11-8(2,3)9(4,5)12-10;/h3,13-14,17-18H,1,4-12H2,2H3,(H,22,23,24);10-11,13-14H,2-9H2,1H3,(H,20,21,22);6H,1,7H2,2-5H3;1H4. The van der Waals surface area contributed by atoms with E-state index in [1.807, 2.05) is 21.3 Å². The van der Waals surface area contributed by atoms with Crippen LogP contribution in [0, 0.1) is 0 Å². The summed E-state index contributed by atoms with van der Waals surface area (Å²) >= 11 is 3.38. The monoisotopic (exact) mass is 1080 g/mol. The zero-order chi connectivity index (χ0) is 50.6. The number of nitrogens with zero attached hydrogens (tertiary/aromatic N) is 8. The predicted octanol–water partition coefficient (Wildman–Crippen LogP) is 7.88. The van der Waals surface area contributed by atoms with E-state index in [0.29, 0.717) is 85.9 Å². The van der Waals surface area contributed by atoms with Crippen molar-refractivity contribution >= 4 is 77.1 Å². The van der Waals surface area contributed by atoms with Crippen molar-refractivity contribution in [3.63, 3.8) is 0 Å². The Hall–Kier alpha value is -4.06. The van der Waals surface area contributed by atoms with Gasteiger partial charge >= 0.3 is 7.12 Å². The Bertz CT molecular complexity index is 2860. The van der Waals surface area contributed by atoms with Crippen LogP contribution in [0.3, 0.4) is 0 Å². The Kier molecular flexibility index (Phi) is 18.6. The second-order valence-corrected chi connectivity index (χ2v) is 25.0. The average Bonchev–Trinajstić information content (AvgIpc) is 4.07. The molecule has 3 saturated heterocycles. The Morgan fingerprint density at radius 3 is 1.49 bits per heavy atom. The first-order valence-corrected chi connectivity index (χ1v) is 29.1. The summed E-state index contributed by atoms with van der Waals surface area (Å²) in [5.41, 5.74) is 1.60. The Labute approximate surface area is 428 Å². The van der Waals surface area contributed by atoms with Gasteiger partial charge in [-0.1, -0.05) is 45.3 Å². The molecule has 4 aromatic rings. The summed E-state index contributed by atoms with van der Waals surface area (Å²) in [4.78, 5) is 44.2. The number of aromatic nitrogens is 6. The summed E-state index contributed by atoms with van der Waals surface area (Å²) in [6, 6.07) is 4.21. The molecule has 390 valence electrons. The molecule has 4 aromatic heterocycles. The normalized spacial score (nSPS) is 20.5. The van der Waals surface area contributed by atoms with Crippen molar-refractivity contribution in [2.24, 2.45) is 0 Å². The summed E-state index contributed by atoms with van der Waals surface area (Å²) < 4.78 is 65.4. The maximum atomic E-state index is 13.2. The van der Waals surface area contributed by atoms with Crippen LogP contribution in [0.1, 0.15) is 130 Å². The number of nitrogens with one attached hydrogen (secondary N) is 2. The molecule has 0 spiro atoms. The molecule has 18 nitrogen and oxygen atoms in total. The second-order valence-electron chi connectivity index (χ2n) is 20.2. The molecule has 2 N–H and O–H groups in total. The molecule has 5 fully saturated rings. The number of halogens is 1. The zero-order valence-corrected chi connectivity index (χ0v) is 44.8. The summed E-state index contributed by atoms with van der Waals surface area (Å²) in [6.45, 7) is 17.6. The van der Waals surface area contributed by atoms with Crippen molar-refractivity contribution in [2.45, 2.75) is 160 Å². The average molecular weight is 1090 g/mol. The molecular formula is C49H74BBrN10O8S2. The fourth-order valence-corrected chi connectivity index (χ4v) is 12.1. The second kappa shape index (κ2) is 23.4. The van der Waals surface area contributed by atoms with Gasteiger partial charge in [0.15, 0.2) is 0 Å². The van der Waals surface area contributed by atoms with Crippen molar-refractivity contribution in [1.82, 2.24) is 37.7 Å². The number of pyridine rings is 2. The lowest BCUT2D eigenvalue weighted by Gasteiger charge is -2.32. The van der Waals surface area contributed by atoms with Crippen molar-refractivity contribution in [2.75, 3.05) is 49.3 Å². The van der Waals surface area contributed by atoms with E-state index in [2.05, 4.69) is 82.4 Å². The highest BCUT2D eigenvalue weighted by molar-refractivity contribution is 9.10. The van der Waals surface area contributed by atoms with E-state index < -0.39 is 20.0 Å². The van der Waals surface area contributed by atoms with Gasteiger partial charge in [0.25, 0.3) is 11.1 Å². The van der Waals surface area contributed by atoms with Crippen LogP contribution in [0.2, 0.25) is 6.32 Å². The van der Waals surface area contributed by atoms with E-state index in [-0.39, 0.29) is 61.0 Å². The molecule has 0 aromatic carbocycles. The fourth-order valence-electron chi connectivity index (χ4n) is 9.93. The Balaban J connectivity index is 0.000000188. The first kappa shape index (κ1) is 56.2. The number of sulfonamides is 2. The first-order valence-electron chi connectivity index (χ1n) is 24.6. The highest BCUT2D eigenvalue weighted by Gasteiger charge is 2.50. The molecule has 2 aliphatic carbocycles. The van der Waals surface area contributed by atoms with Crippen molar-refractivity contribution in [1.29, 1.82) is 0 Å². The van der Waals surface area contributed by atoms with Gasteiger partial charge in [-0.3, -0.25) is 18.7 Å².